The van der Waals surface area contributed by atoms with Crippen molar-refractivity contribution in [2.24, 2.45) is 0 Å². The standard InChI is InChI=1S/C23H22BrClN2O2.CH4/c1-2-18-13-23(29,9-10-26-18)21(14-3-6-17(25)7-4-14)19-12-15-11-16(24)5-8-20(15)27-22(19)28;/h2-8,11-12,18,21,26,29H,1,9-10,13H2,(H,27,28);1H4. The number of aliphatic hydroxyl groups is 1. The van der Waals surface area contributed by atoms with Crippen LogP contribution >= 0.6 is 27.5 Å². The minimum absolute atomic E-state index is 0. The molecule has 1 saturated heterocycles. The molecule has 2 heterocycles. The van der Waals surface area contributed by atoms with Gasteiger partial charge in [0.2, 0.25) is 0 Å². The van der Waals surface area contributed by atoms with Crippen molar-refractivity contribution in [3.8, 4) is 0 Å². The molecule has 2 aromatic carbocycles. The van der Waals surface area contributed by atoms with Gasteiger partial charge in [0.15, 0.2) is 0 Å². The summed E-state index contributed by atoms with van der Waals surface area (Å²) < 4.78 is 0.929. The number of halogens is 2. The summed E-state index contributed by atoms with van der Waals surface area (Å²) in [6.07, 6.45) is 2.81. The molecule has 6 heteroatoms. The molecular formula is C24H26BrClN2O2. The van der Waals surface area contributed by atoms with E-state index in [2.05, 4.69) is 32.8 Å². The first-order valence-corrected chi connectivity index (χ1v) is 10.7. The molecule has 0 aliphatic carbocycles. The van der Waals surface area contributed by atoms with Gasteiger partial charge >= 0.3 is 0 Å². The predicted octanol–water partition coefficient (Wildman–Crippen LogP) is 5.38. The second-order valence-corrected chi connectivity index (χ2v) is 8.98. The monoisotopic (exact) mass is 488 g/mol. The van der Waals surface area contributed by atoms with Gasteiger partial charge in [-0.3, -0.25) is 4.79 Å². The minimum atomic E-state index is -1.09. The molecule has 0 amide bonds. The molecule has 1 fully saturated rings. The Morgan fingerprint density at radius 1 is 1.23 bits per heavy atom. The maximum Gasteiger partial charge on any atom is 0.252 e. The lowest BCUT2D eigenvalue weighted by Crippen LogP contribution is -2.51. The summed E-state index contributed by atoms with van der Waals surface area (Å²) in [5, 5.41) is 16.7. The number of benzene rings is 2. The largest absolute Gasteiger partial charge is 0.389 e. The Hall–Kier alpha value is -1.92. The van der Waals surface area contributed by atoms with Crippen LogP contribution in [-0.2, 0) is 0 Å². The molecule has 0 radical (unpaired) electrons. The van der Waals surface area contributed by atoms with Crippen LogP contribution in [-0.4, -0.2) is 28.3 Å². The van der Waals surface area contributed by atoms with Crippen LogP contribution in [0.5, 0.6) is 0 Å². The number of H-pyrrole nitrogens is 1. The topological polar surface area (TPSA) is 65.1 Å². The highest BCUT2D eigenvalue weighted by molar-refractivity contribution is 9.10. The van der Waals surface area contributed by atoms with E-state index in [9.17, 15) is 9.90 Å². The minimum Gasteiger partial charge on any atom is -0.389 e. The second kappa shape index (κ2) is 9.06. The zero-order valence-corrected chi connectivity index (χ0v) is 18.1. The molecule has 0 saturated carbocycles. The number of hydrogen-bond donors (Lipinski definition) is 3. The highest BCUT2D eigenvalue weighted by Crippen LogP contribution is 2.41. The summed E-state index contributed by atoms with van der Waals surface area (Å²) in [5.74, 6) is -0.489. The van der Waals surface area contributed by atoms with E-state index in [4.69, 9.17) is 11.6 Å². The lowest BCUT2D eigenvalue weighted by Gasteiger charge is -2.42. The molecule has 4 rings (SSSR count). The summed E-state index contributed by atoms with van der Waals surface area (Å²) in [6.45, 7) is 4.52. The van der Waals surface area contributed by atoms with Crippen molar-refractivity contribution in [1.29, 1.82) is 0 Å². The van der Waals surface area contributed by atoms with E-state index >= 15 is 0 Å². The molecule has 30 heavy (non-hydrogen) atoms. The van der Waals surface area contributed by atoms with Crippen molar-refractivity contribution in [3.63, 3.8) is 0 Å². The van der Waals surface area contributed by atoms with Gasteiger partial charge in [-0.15, -0.1) is 6.58 Å². The molecule has 4 nitrogen and oxygen atoms in total. The van der Waals surface area contributed by atoms with Gasteiger partial charge < -0.3 is 15.4 Å². The first-order valence-electron chi connectivity index (χ1n) is 9.56. The van der Waals surface area contributed by atoms with Gasteiger partial charge in [-0.2, -0.15) is 0 Å². The third-order valence-corrected chi connectivity index (χ3v) is 6.45. The van der Waals surface area contributed by atoms with E-state index < -0.39 is 11.5 Å². The Labute approximate surface area is 190 Å². The molecule has 1 aliphatic rings. The first kappa shape index (κ1) is 22.8. The quantitative estimate of drug-likeness (QED) is 0.431. The average Bonchev–Trinajstić information content (AvgIpc) is 2.70. The van der Waals surface area contributed by atoms with Crippen LogP contribution in [0, 0.1) is 0 Å². The molecule has 3 aromatic rings. The van der Waals surface area contributed by atoms with E-state index in [1.165, 1.54) is 0 Å². The van der Waals surface area contributed by atoms with Gasteiger partial charge in [0.25, 0.3) is 5.56 Å². The van der Waals surface area contributed by atoms with Crippen LogP contribution in [0.3, 0.4) is 0 Å². The highest BCUT2D eigenvalue weighted by Gasteiger charge is 2.43. The summed E-state index contributed by atoms with van der Waals surface area (Å²) in [4.78, 5) is 16.1. The van der Waals surface area contributed by atoms with Gasteiger partial charge in [0.05, 0.1) is 5.60 Å². The van der Waals surface area contributed by atoms with Gasteiger partial charge in [0, 0.05) is 32.5 Å². The van der Waals surface area contributed by atoms with Crippen molar-refractivity contribution < 1.29 is 5.11 Å². The smallest absolute Gasteiger partial charge is 0.252 e. The molecular weight excluding hydrogens is 464 g/mol. The molecule has 3 atom stereocenters. The van der Waals surface area contributed by atoms with Crippen molar-refractivity contribution in [1.82, 2.24) is 10.3 Å². The van der Waals surface area contributed by atoms with E-state index in [0.717, 1.165) is 20.9 Å². The molecule has 3 N–H and O–H groups in total. The summed E-state index contributed by atoms with van der Waals surface area (Å²) in [7, 11) is 0. The molecule has 158 valence electrons. The fourth-order valence-electron chi connectivity index (χ4n) is 4.30. The highest BCUT2D eigenvalue weighted by atomic mass is 79.9. The summed E-state index contributed by atoms with van der Waals surface area (Å²) >= 11 is 9.59. The van der Waals surface area contributed by atoms with Gasteiger partial charge in [0.1, 0.15) is 0 Å². The summed E-state index contributed by atoms with van der Waals surface area (Å²) in [5.41, 5.74) is 0.886. The number of aromatic amines is 1. The summed E-state index contributed by atoms with van der Waals surface area (Å²) in [6, 6.07) is 15.0. The third kappa shape index (κ3) is 4.40. The number of aromatic nitrogens is 1. The molecule has 0 bridgehead atoms. The van der Waals surface area contributed by atoms with Crippen LogP contribution < -0.4 is 10.9 Å². The van der Waals surface area contributed by atoms with Gasteiger partial charge in [-0.25, -0.2) is 0 Å². The predicted molar refractivity (Wildman–Crippen MR) is 128 cm³/mol. The van der Waals surface area contributed by atoms with E-state index in [-0.39, 0.29) is 19.0 Å². The van der Waals surface area contributed by atoms with Crippen LogP contribution in [0.15, 0.2) is 70.5 Å². The number of piperidine rings is 1. The maximum atomic E-state index is 13.1. The number of nitrogens with one attached hydrogen (secondary N) is 2. The maximum absolute atomic E-state index is 13.1. The SMILES string of the molecule is C.C=CC1CC(O)(C(c2ccc(Cl)cc2)c2cc3cc(Br)ccc3[nH]c2=O)CCN1. The Kier molecular flexibility index (Phi) is 6.88. The Morgan fingerprint density at radius 2 is 1.97 bits per heavy atom. The van der Waals surface area contributed by atoms with Gasteiger partial charge in [-0.05, 0) is 66.7 Å². The van der Waals surface area contributed by atoms with E-state index in [1.807, 2.05) is 42.5 Å². The Bertz CT molecular complexity index is 1110. The number of pyridine rings is 1. The lowest BCUT2D eigenvalue weighted by atomic mass is 9.71. The van der Waals surface area contributed by atoms with E-state index in [0.29, 0.717) is 30.0 Å². The van der Waals surface area contributed by atoms with E-state index in [1.54, 1.807) is 12.1 Å². The molecule has 0 spiro atoms. The van der Waals surface area contributed by atoms with Crippen LogP contribution in [0.1, 0.15) is 37.3 Å². The number of hydrogen-bond acceptors (Lipinski definition) is 3. The zero-order chi connectivity index (χ0) is 20.6. The molecule has 1 aromatic heterocycles. The Morgan fingerprint density at radius 3 is 2.67 bits per heavy atom. The number of rotatable bonds is 4. The average molecular weight is 490 g/mol. The fourth-order valence-corrected chi connectivity index (χ4v) is 4.81. The normalized spacial score (nSPS) is 22.3. The fraction of sp³-hybridized carbons (Fsp3) is 0.292. The van der Waals surface area contributed by atoms with Crippen molar-refractivity contribution in [3.05, 3.63) is 92.2 Å². The Balaban J connectivity index is 0.00000256. The van der Waals surface area contributed by atoms with Gasteiger partial charge in [-0.1, -0.05) is 53.2 Å². The molecule has 3 unspecified atom stereocenters. The van der Waals surface area contributed by atoms with Crippen LogP contribution in [0.2, 0.25) is 5.02 Å². The van der Waals surface area contributed by atoms with Crippen molar-refractivity contribution in [2.75, 3.05) is 6.54 Å². The lowest BCUT2D eigenvalue weighted by molar-refractivity contribution is -0.0133. The first-order chi connectivity index (χ1) is 13.9. The van der Waals surface area contributed by atoms with Crippen molar-refractivity contribution in [2.45, 2.75) is 37.8 Å². The number of fused-ring (bicyclic) bond motifs is 1. The van der Waals surface area contributed by atoms with Crippen LogP contribution in [0.4, 0.5) is 0 Å². The molecule has 1 aliphatic heterocycles. The second-order valence-electron chi connectivity index (χ2n) is 7.62. The zero-order valence-electron chi connectivity index (χ0n) is 15.8. The third-order valence-electron chi connectivity index (χ3n) is 5.71. The van der Waals surface area contributed by atoms with Crippen LogP contribution in [0.25, 0.3) is 10.9 Å². The van der Waals surface area contributed by atoms with Crippen molar-refractivity contribution >= 4 is 38.4 Å².